The summed E-state index contributed by atoms with van der Waals surface area (Å²) in [6.45, 7) is 0. The summed E-state index contributed by atoms with van der Waals surface area (Å²) >= 11 is 13.7. The molecule has 0 amide bonds. The lowest BCUT2D eigenvalue weighted by molar-refractivity contribution is 1.23. The lowest BCUT2D eigenvalue weighted by atomic mass is 10.1. The average molecular weight is 305 g/mol. The first-order valence-electron chi connectivity index (χ1n) is 5.67. The fourth-order valence-corrected chi connectivity index (χ4v) is 3.97. The molecule has 0 radical (unpaired) electrons. The Hall–Kier alpha value is -1.42. The van der Waals surface area contributed by atoms with Gasteiger partial charge in [0.2, 0.25) is 5.28 Å². The van der Waals surface area contributed by atoms with Crippen LogP contribution >= 0.6 is 34.5 Å². The second-order valence-corrected chi connectivity index (χ2v) is 5.94. The maximum absolute atomic E-state index is 6.16. The molecule has 4 aromatic rings. The van der Waals surface area contributed by atoms with Gasteiger partial charge in [0, 0.05) is 10.1 Å². The predicted octanol–water partition coefficient (Wildman–Crippen LogP) is 5.30. The third-order valence-electron chi connectivity index (χ3n) is 3.14. The second kappa shape index (κ2) is 4.04. The molecule has 19 heavy (non-hydrogen) atoms. The van der Waals surface area contributed by atoms with Crippen LogP contribution in [-0.4, -0.2) is 9.97 Å². The highest BCUT2D eigenvalue weighted by Crippen LogP contribution is 2.40. The summed E-state index contributed by atoms with van der Waals surface area (Å²) in [7, 11) is 0. The summed E-state index contributed by atoms with van der Waals surface area (Å²) in [5.74, 6) is 0. The van der Waals surface area contributed by atoms with E-state index in [2.05, 4.69) is 34.2 Å². The summed E-state index contributed by atoms with van der Waals surface area (Å²) in [4.78, 5) is 8.32. The topological polar surface area (TPSA) is 25.8 Å². The second-order valence-electron chi connectivity index (χ2n) is 4.23. The first kappa shape index (κ1) is 11.4. The van der Waals surface area contributed by atoms with Gasteiger partial charge < -0.3 is 0 Å². The molecule has 0 N–H and O–H groups in total. The number of rotatable bonds is 0. The predicted molar refractivity (Wildman–Crippen MR) is 82.4 cm³/mol. The summed E-state index contributed by atoms with van der Waals surface area (Å²) in [6.07, 6.45) is 0. The third kappa shape index (κ3) is 1.62. The molecular formula is C14H6Cl2N2S. The van der Waals surface area contributed by atoms with E-state index in [4.69, 9.17) is 23.2 Å². The molecule has 2 heterocycles. The van der Waals surface area contributed by atoms with Gasteiger partial charge in [0.15, 0.2) is 5.15 Å². The van der Waals surface area contributed by atoms with Crippen molar-refractivity contribution in [2.24, 2.45) is 0 Å². The minimum Gasteiger partial charge on any atom is -0.216 e. The SMILES string of the molecule is Clc1nc(Cl)c2sc3c4ccccc4ccc3c2n1. The van der Waals surface area contributed by atoms with Crippen LogP contribution in [-0.2, 0) is 0 Å². The Labute approximate surface area is 122 Å². The molecule has 0 aliphatic carbocycles. The maximum Gasteiger partial charge on any atom is 0.224 e. The largest absolute Gasteiger partial charge is 0.224 e. The van der Waals surface area contributed by atoms with E-state index in [1.54, 1.807) is 11.3 Å². The molecule has 0 aliphatic rings. The van der Waals surface area contributed by atoms with Crippen LogP contribution in [0.2, 0.25) is 10.4 Å². The van der Waals surface area contributed by atoms with Gasteiger partial charge in [-0.1, -0.05) is 48.0 Å². The highest BCUT2D eigenvalue weighted by molar-refractivity contribution is 7.27. The van der Waals surface area contributed by atoms with Crippen molar-refractivity contribution in [1.29, 1.82) is 0 Å². The van der Waals surface area contributed by atoms with E-state index in [0.717, 1.165) is 15.6 Å². The van der Waals surface area contributed by atoms with Crippen LogP contribution in [0.15, 0.2) is 36.4 Å². The molecule has 0 saturated carbocycles. The number of nitrogens with zero attached hydrogens (tertiary/aromatic N) is 2. The van der Waals surface area contributed by atoms with Crippen molar-refractivity contribution in [2.75, 3.05) is 0 Å². The zero-order valence-electron chi connectivity index (χ0n) is 9.52. The van der Waals surface area contributed by atoms with Gasteiger partial charge in [0.1, 0.15) is 0 Å². The Morgan fingerprint density at radius 1 is 0.842 bits per heavy atom. The van der Waals surface area contributed by atoms with Crippen LogP contribution < -0.4 is 0 Å². The minimum atomic E-state index is 0.186. The third-order valence-corrected chi connectivity index (χ3v) is 4.93. The minimum absolute atomic E-state index is 0.186. The van der Waals surface area contributed by atoms with Gasteiger partial charge in [-0.05, 0) is 22.4 Å². The van der Waals surface area contributed by atoms with Gasteiger partial charge in [-0.25, -0.2) is 9.97 Å². The normalized spacial score (nSPS) is 11.7. The quantitative estimate of drug-likeness (QED) is 0.325. The molecule has 0 aliphatic heterocycles. The number of aromatic nitrogens is 2. The maximum atomic E-state index is 6.16. The summed E-state index contributed by atoms with van der Waals surface area (Å²) < 4.78 is 2.06. The molecule has 2 nitrogen and oxygen atoms in total. The molecule has 5 heteroatoms. The summed E-state index contributed by atoms with van der Waals surface area (Å²) in [6, 6.07) is 12.4. The van der Waals surface area contributed by atoms with Gasteiger partial charge in [-0.15, -0.1) is 11.3 Å². The van der Waals surface area contributed by atoms with E-state index in [1.165, 1.54) is 15.5 Å². The number of benzene rings is 2. The fourth-order valence-electron chi connectivity index (χ4n) is 2.31. The summed E-state index contributed by atoms with van der Waals surface area (Å²) in [5, 5.41) is 4.09. The van der Waals surface area contributed by atoms with Gasteiger partial charge in [0.05, 0.1) is 10.2 Å². The lowest BCUT2D eigenvalue weighted by Crippen LogP contribution is -1.82. The molecule has 2 aromatic carbocycles. The van der Waals surface area contributed by atoms with Crippen molar-refractivity contribution >= 4 is 65.6 Å². The monoisotopic (exact) mass is 304 g/mol. The Bertz CT molecular complexity index is 946. The molecule has 0 bridgehead atoms. The van der Waals surface area contributed by atoms with Crippen LogP contribution in [0.3, 0.4) is 0 Å². The Kier molecular flexibility index (Phi) is 2.42. The standard InChI is InChI=1S/C14H6Cl2N2S/c15-13-12-10(17-14(16)18-13)9-6-5-7-3-1-2-4-8(7)11(9)19-12/h1-6H. The molecular weight excluding hydrogens is 299 g/mol. The Balaban J connectivity index is 2.31. The van der Waals surface area contributed by atoms with E-state index in [9.17, 15) is 0 Å². The van der Waals surface area contributed by atoms with Gasteiger partial charge in [-0.2, -0.15) is 0 Å². The number of hydrogen-bond donors (Lipinski definition) is 0. The molecule has 0 atom stereocenters. The van der Waals surface area contributed by atoms with Crippen molar-refractivity contribution < 1.29 is 0 Å². The van der Waals surface area contributed by atoms with Gasteiger partial charge >= 0.3 is 0 Å². The first-order chi connectivity index (χ1) is 9.24. The van der Waals surface area contributed by atoms with Crippen LogP contribution in [0.5, 0.6) is 0 Å². The van der Waals surface area contributed by atoms with Crippen LogP contribution in [0, 0.1) is 0 Å². The first-order valence-corrected chi connectivity index (χ1v) is 7.24. The molecule has 0 fully saturated rings. The molecule has 0 saturated heterocycles. The van der Waals surface area contributed by atoms with Gasteiger partial charge in [0.25, 0.3) is 0 Å². The molecule has 92 valence electrons. The van der Waals surface area contributed by atoms with Gasteiger partial charge in [-0.3, -0.25) is 0 Å². The van der Waals surface area contributed by atoms with Crippen molar-refractivity contribution in [3.8, 4) is 0 Å². The number of halogens is 2. The number of thiophene rings is 1. The Morgan fingerprint density at radius 2 is 1.68 bits per heavy atom. The van der Waals surface area contributed by atoms with Crippen molar-refractivity contribution in [3.05, 3.63) is 46.8 Å². The van der Waals surface area contributed by atoms with Crippen LogP contribution in [0.4, 0.5) is 0 Å². The van der Waals surface area contributed by atoms with E-state index < -0.39 is 0 Å². The van der Waals surface area contributed by atoms with E-state index in [-0.39, 0.29) is 5.28 Å². The molecule has 2 aromatic heterocycles. The van der Waals surface area contributed by atoms with Crippen molar-refractivity contribution in [3.63, 3.8) is 0 Å². The molecule has 0 spiro atoms. The zero-order chi connectivity index (χ0) is 13.0. The van der Waals surface area contributed by atoms with Crippen LogP contribution in [0.25, 0.3) is 31.1 Å². The smallest absolute Gasteiger partial charge is 0.216 e. The highest BCUT2D eigenvalue weighted by atomic mass is 35.5. The van der Waals surface area contributed by atoms with Crippen molar-refractivity contribution in [2.45, 2.75) is 0 Å². The molecule has 0 unspecified atom stereocenters. The van der Waals surface area contributed by atoms with E-state index in [0.29, 0.717) is 5.15 Å². The lowest BCUT2D eigenvalue weighted by Gasteiger charge is -1.98. The summed E-state index contributed by atoms with van der Waals surface area (Å²) in [5.41, 5.74) is 0.829. The van der Waals surface area contributed by atoms with E-state index in [1.807, 2.05) is 12.1 Å². The fraction of sp³-hybridized carbons (Fsp3) is 0. The number of fused-ring (bicyclic) bond motifs is 5. The molecule has 4 rings (SSSR count). The Morgan fingerprint density at radius 3 is 2.58 bits per heavy atom. The average Bonchev–Trinajstić information content (AvgIpc) is 2.78. The van der Waals surface area contributed by atoms with Crippen LogP contribution in [0.1, 0.15) is 0 Å². The van der Waals surface area contributed by atoms with Crippen molar-refractivity contribution in [1.82, 2.24) is 9.97 Å². The van der Waals surface area contributed by atoms with E-state index >= 15 is 0 Å². The number of hydrogen-bond acceptors (Lipinski definition) is 3. The highest BCUT2D eigenvalue weighted by Gasteiger charge is 2.13. The zero-order valence-corrected chi connectivity index (χ0v) is 11.9.